The molecule has 1 aromatic rings. The summed E-state index contributed by atoms with van der Waals surface area (Å²) in [7, 11) is 0. The molecule has 1 heterocycles. The van der Waals surface area contributed by atoms with Crippen LogP contribution in [0, 0.1) is 5.92 Å². The summed E-state index contributed by atoms with van der Waals surface area (Å²) in [6.45, 7) is 0.178. The number of nitrogens with zero attached hydrogens (tertiary/aromatic N) is 2. The Morgan fingerprint density at radius 3 is 2.78 bits per heavy atom. The van der Waals surface area contributed by atoms with Crippen molar-refractivity contribution in [2.45, 2.75) is 12.8 Å². The number of carbonyl (C=O) groups excluding carboxylic acids is 1. The smallest absolute Gasteiger partial charge is 0.323 e. The van der Waals surface area contributed by atoms with Crippen LogP contribution in [0.1, 0.15) is 23.2 Å². The number of aromatic nitrogens is 1. The van der Waals surface area contributed by atoms with Crippen molar-refractivity contribution in [3.05, 3.63) is 29.0 Å². The molecule has 1 saturated carbocycles. The second-order valence-electron chi connectivity index (χ2n) is 4.38. The number of carbonyl (C=O) groups is 2. The van der Waals surface area contributed by atoms with Gasteiger partial charge in [0.15, 0.2) is 0 Å². The lowest BCUT2D eigenvalue weighted by atomic mass is 10.2. The highest BCUT2D eigenvalue weighted by Crippen LogP contribution is 2.30. The van der Waals surface area contributed by atoms with Crippen LogP contribution in [0.2, 0.25) is 5.02 Å². The number of carboxylic acid groups (broad SMARTS) is 1. The average molecular weight is 269 g/mol. The molecule has 1 amide bonds. The van der Waals surface area contributed by atoms with Gasteiger partial charge in [-0.15, -0.1) is 0 Å². The summed E-state index contributed by atoms with van der Waals surface area (Å²) in [6.07, 6.45) is 4.95. The second-order valence-corrected chi connectivity index (χ2v) is 4.79. The van der Waals surface area contributed by atoms with Gasteiger partial charge in [-0.3, -0.25) is 14.6 Å². The first-order chi connectivity index (χ1) is 8.58. The van der Waals surface area contributed by atoms with Crippen LogP contribution < -0.4 is 0 Å². The molecule has 18 heavy (non-hydrogen) atoms. The molecule has 0 spiro atoms. The van der Waals surface area contributed by atoms with E-state index in [1.54, 1.807) is 0 Å². The minimum atomic E-state index is -1.02. The predicted octanol–water partition coefficient (Wildman–Crippen LogP) is 1.67. The number of aliphatic carboxylic acids is 1. The molecule has 1 fully saturated rings. The topological polar surface area (TPSA) is 70.5 Å². The normalized spacial score (nSPS) is 14.3. The van der Waals surface area contributed by atoms with Gasteiger partial charge in [0, 0.05) is 18.9 Å². The number of halogens is 1. The zero-order chi connectivity index (χ0) is 13.1. The van der Waals surface area contributed by atoms with Gasteiger partial charge in [0.1, 0.15) is 6.54 Å². The molecule has 0 saturated heterocycles. The van der Waals surface area contributed by atoms with Crippen molar-refractivity contribution in [2.75, 3.05) is 13.1 Å². The van der Waals surface area contributed by atoms with E-state index in [0.29, 0.717) is 18.0 Å². The molecular formula is C12H13ClN2O3. The lowest BCUT2D eigenvalue weighted by Gasteiger charge is -2.20. The fourth-order valence-electron chi connectivity index (χ4n) is 1.71. The highest BCUT2D eigenvalue weighted by Gasteiger charge is 2.29. The van der Waals surface area contributed by atoms with Crippen molar-refractivity contribution in [2.24, 2.45) is 5.92 Å². The largest absolute Gasteiger partial charge is 0.480 e. The number of hydrogen-bond donors (Lipinski definition) is 1. The van der Waals surface area contributed by atoms with Gasteiger partial charge >= 0.3 is 5.97 Å². The van der Waals surface area contributed by atoms with Crippen LogP contribution in [0.4, 0.5) is 0 Å². The van der Waals surface area contributed by atoms with E-state index in [1.165, 1.54) is 23.4 Å². The van der Waals surface area contributed by atoms with Crippen LogP contribution in [0.3, 0.4) is 0 Å². The molecule has 2 rings (SSSR count). The Bertz CT molecular complexity index is 474. The van der Waals surface area contributed by atoms with E-state index in [2.05, 4.69) is 4.98 Å². The van der Waals surface area contributed by atoms with Crippen LogP contribution in [0.25, 0.3) is 0 Å². The van der Waals surface area contributed by atoms with Gasteiger partial charge in [-0.2, -0.15) is 0 Å². The third-order valence-electron chi connectivity index (χ3n) is 2.79. The van der Waals surface area contributed by atoms with E-state index in [4.69, 9.17) is 16.7 Å². The first-order valence-electron chi connectivity index (χ1n) is 5.68. The summed E-state index contributed by atoms with van der Waals surface area (Å²) >= 11 is 5.89. The summed E-state index contributed by atoms with van der Waals surface area (Å²) in [5.74, 6) is -0.945. The molecule has 1 N–H and O–H groups in total. The van der Waals surface area contributed by atoms with Gasteiger partial charge in [-0.1, -0.05) is 11.6 Å². The lowest BCUT2D eigenvalue weighted by Crippen LogP contribution is -2.37. The highest BCUT2D eigenvalue weighted by molar-refractivity contribution is 6.33. The number of amides is 1. The Morgan fingerprint density at radius 1 is 1.50 bits per heavy atom. The van der Waals surface area contributed by atoms with Crippen molar-refractivity contribution < 1.29 is 14.7 Å². The van der Waals surface area contributed by atoms with Crippen LogP contribution in [0.15, 0.2) is 18.5 Å². The summed E-state index contributed by atoms with van der Waals surface area (Å²) in [4.78, 5) is 28.1. The van der Waals surface area contributed by atoms with Crippen molar-refractivity contribution in [3.8, 4) is 0 Å². The first kappa shape index (κ1) is 12.8. The van der Waals surface area contributed by atoms with Gasteiger partial charge in [-0.25, -0.2) is 0 Å². The minimum Gasteiger partial charge on any atom is -0.480 e. The van der Waals surface area contributed by atoms with Crippen LogP contribution in [0.5, 0.6) is 0 Å². The molecule has 1 aliphatic carbocycles. The Morgan fingerprint density at radius 2 is 2.22 bits per heavy atom. The van der Waals surface area contributed by atoms with E-state index >= 15 is 0 Å². The average Bonchev–Trinajstić information content (AvgIpc) is 3.11. The van der Waals surface area contributed by atoms with E-state index in [9.17, 15) is 9.59 Å². The molecule has 0 aromatic carbocycles. The van der Waals surface area contributed by atoms with Crippen molar-refractivity contribution >= 4 is 23.5 Å². The fourth-order valence-corrected chi connectivity index (χ4v) is 1.91. The minimum absolute atomic E-state index is 0.244. The molecule has 0 unspecified atom stereocenters. The van der Waals surface area contributed by atoms with E-state index in [-0.39, 0.29) is 17.5 Å². The Labute approximate surface area is 109 Å². The molecule has 0 radical (unpaired) electrons. The van der Waals surface area contributed by atoms with Crippen LogP contribution >= 0.6 is 11.6 Å². The van der Waals surface area contributed by atoms with Gasteiger partial charge in [0.25, 0.3) is 5.91 Å². The quantitative estimate of drug-likeness (QED) is 0.882. The lowest BCUT2D eigenvalue weighted by molar-refractivity contribution is -0.137. The monoisotopic (exact) mass is 268 g/mol. The SMILES string of the molecule is O=C(O)CN(CC1CC1)C(=O)c1ccncc1Cl. The fraction of sp³-hybridized carbons (Fsp3) is 0.417. The predicted molar refractivity (Wildman–Crippen MR) is 65.5 cm³/mol. The standard InChI is InChI=1S/C12H13ClN2O3/c13-10-5-14-4-3-9(10)12(18)15(7-11(16)17)6-8-1-2-8/h3-5,8H,1-2,6-7H2,(H,16,17). The summed E-state index contributed by atoms with van der Waals surface area (Å²) < 4.78 is 0. The molecule has 6 heteroatoms. The number of pyridine rings is 1. The summed E-state index contributed by atoms with van der Waals surface area (Å²) in [6, 6.07) is 1.51. The van der Waals surface area contributed by atoms with Crippen LogP contribution in [-0.4, -0.2) is 40.0 Å². The van der Waals surface area contributed by atoms with Gasteiger partial charge in [-0.05, 0) is 24.8 Å². The maximum absolute atomic E-state index is 12.2. The molecule has 1 aliphatic rings. The molecular weight excluding hydrogens is 256 g/mol. The van der Waals surface area contributed by atoms with Gasteiger partial charge in [0.2, 0.25) is 0 Å². The third kappa shape index (κ3) is 3.20. The Kier molecular flexibility index (Phi) is 3.81. The van der Waals surface area contributed by atoms with E-state index < -0.39 is 5.97 Å². The van der Waals surface area contributed by atoms with Gasteiger partial charge in [0.05, 0.1) is 10.6 Å². The van der Waals surface area contributed by atoms with Gasteiger partial charge < -0.3 is 10.0 Å². The number of carboxylic acids is 1. The maximum atomic E-state index is 12.2. The van der Waals surface area contributed by atoms with E-state index in [1.807, 2.05) is 0 Å². The zero-order valence-electron chi connectivity index (χ0n) is 9.67. The second kappa shape index (κ2) is 5.35. The third-order valence-corrected chi connectivity index (χ3v) is 3.09. The Hall–Kier alpha value is -1.62. The highest BCUT2D eigenvalue weighted by atomic mass is 35.5. The molecule has 0 aliphatic heterocycles. The van der Waals surface area contributed by atoms with Crippen molar-refractivity contribution in [1.82, 2.24) is 9.88 Å². The number of rotatable bonds is 5. The van der Waals surface area contributed by atoms with Crippen LogP contribution in [-0.2, 0) is 4.79 Å². The Balaban J connectivity index is 2.15. The van der Waals surface area contributed by atoms with Crippen molar-refractivity contribution in [3.63, 3.8) is 0 Å². The number of hydrogen-bond acceptors (Lipinski definition) is 3. The molecule has 96 valence electrons. The molecule has 0 atom stereocenters. The first-order valence-corrected chi connectivity index (χ1v) is 6.06. The molecule has 0 bridgehead atoms. The molecule has 5 nitrogen and oxygen atoms in total. The summed E-state index contributed by atoms with van der Waals surface area (Å²) in [5, 5.41) is 9.09. The summed E-state index contributed by atoms with van der Waals surface area (Å²) in [5.41, 5.74) is 0.300. The molecule has 1 aromatic heterocycles. The van der Waals surface area contributed by atoms with Crippen molar-refractivity contribution in [1.29, 1.82) is 0 Å². The maximum Gasteiger partial charge on any atom is 0.323 e. The van der Waals surface area contributed by atoms with E-state index in [0.717, 1.165) is 12.8 Å². The zero-order valence-corrected chi connectivity index (χ0v) is 10.4.